The van der Waals surface area contributed by atoms with Crippen molar-refractivity contribution in [3.8, 4) is 0 Å². The first-order valence-electron chi connectivity index (χ1n) is 5.60. The first kappa shape index (κ1) is 8.98. The second kappa shape index (κ2) is 3.38. The highest BCUT2D eigenvalue weighted by Crippen LogP contribution is 2.26. The third-order valence-corrected chi connectivity index (χ3v) is 3.44. The van der Waals surface area contributed by atoms with Crippen molar-refractivity contribution in [2.75, 3.05) is 13.1 Å². The van der Waals surface area contributed by atoms with E-state index in [1.54, 1.807) is 0 Å². The lowest BCUT2D eigenvalue weighted by molar-refractivity contribution is 0.764. The van der Waals surface area contributed by atoms with E-state index in [0.717, 1.165) is 19.0 Å². The summed E-state index contributed by atoms with van der Waals surface area (Å²) in [7, 11) is 2.10. The Morgan fingerprint density at radius 3 is 3.07 bits per heavy atom. The number of hydrogen-bond acceptors (Lipinski definition) is 1. The SMILES string of the molecule is Cn1ccc2cc(C3CCNC3)ccc21. The van der Waals surface area contributed by atoms with Crippen molar-refractivity contribution in [1.82, 2.24) is 9.88 Å². The molecule has 0 aliphatic carbocycles. The lowest BCUT2D eigenvalue weighted by atomic mass is 9.97. The number of nitrogens with zero attached hydrogens (tertiary/aromatic N) is 1. The van der Waals surface area contributed by atoms with Crippen LogP contribution in [-0.4, -0.2) is 17.7 Å². The van der Waals surface area contributed by atoms with Crippen molar-refractivity contribution in [3.63, 3.8) is 0 Å². The molecule has 1 aliphatic heterocycles. The Kier molecular flexibility index (Phi) is 2.03. The molecule has 1 N–H and O–H groups in total. The average Bonchev–Trinajstić information content (AvgIpc) is 2.88. The van der Waals surface area contributed by atoms with Gasteiger partial charge in [0.05, 0.1) is 0 Å². The highest BCUT2D eigenvalue weighted by atomic mass is 14.9. The van der Waals surface area contributed by atoms with Crippen LogP contribution in [0.5, 0.6) is 0 Å². The van der Waals surface area contributed by atoms with E-state index in [9.17, 15) is 0 Å². The Labute approximate surface area is 89.9 Å². The van der Waals surface area contributed by atoms with Crippen LogP contribution in [0.25, 0.3) is 10.9 Å². The summed E-state index contributed by atoms with van der Waals surface area (Å²) in [4.78, 5) is 0. The molecule has 1 aromatic heterocycles. The van der Waals surface area contributed by atoms with E-state index < -0.39 is 0 Å². The van der Waals surface area contributed by atoms with Crippen molar-refractivity contribution in [2.45, 2.75) is 12.3 Å². The van der Waals surface area contributed by atoms with Gasteiger partial charge < -0.3 is 9.88 Å². The molecule has 2 heteroatoms. The minimum Gasteiger partial charge on any atom is -0.351 e. The highest BCUT2D eigenvalue weighted by Gasteiger charge is 2.16. The summed E-state index contributed by atoms with van der Waals surface area (Å²) in [6.45, 7) is 2.30. The summed E-state index contributed by atoms with van der Waals surface area (Å²) >= 11 is 0. The molecule has 0 saturated carbocycles. The van der Waals surface area contributed by atoms with E-state index in [-0.39, 0.29) is 0 Å². The fourth-order valence-electron chi connectivity index (χ4n) is 2.49. The quantitative estimate of drug-likeness (QED) is 0.747. The molecule has 1 atom stereocenters. The molecule has 15 heavy (non-hydrogen) atoms. The van der Waals surface area contributed by atoms with Gasteiger partial charge in [-0.05, 0) is 48.0 Å². The summed E-state index contributed by atoms with van der Waals surface area (Å²) in [5, 5.41) is 4.78. The first-order valence-corrected chi connectivity index (χ1v) is 5.60. The van der Waals surface area contributed by atoms with Crippen LogP contribution in [0.1, 0.15) is 17.9 Å². The Bertz CT molecular complexity index is 478. The summed E-state index contributed by atoms with van der Waals surface area (Å²) in [5.74, 6) is 0.717. The molecule has 1 unspecified atom stereocenters. The molecule has 0 amide bonds. The molecule has 2 nitrogen and oxygen atoms in total. The molecule has 1 saturated heterocycles. The third-order valence-electron chi connectivity index (χ3n) is 3.44. The molecule has 0 spiro atoms. The standard InChI is InChI=1S/C13H16N2/c1-15-7-5-11-8-10(2-3-13(11)15)12-4-6-14-9-12/h2-3,5,7-8,12,14H,4,6,9H2,1H3. The smallest absolute Gasteiger partial charge is 0.0477 e. The van der Waals surface area contributed by atoms with Crippen LogP contribution >= 0.6 is 0 Å². The molecule has 78 valence electrons. The Balaban J connectivity index is 2.05. The van der Waals surface area contributed by atoms with Gasteiger partial charge in [-0.25, -0.2) is 0 Å². The lowest BCUT2D eigenvalue weighted by Gasteiger charge is -2.08. The van der Waals surface area contributed by atoms with E-state index >= 15 is 0 Å². The monoisotopic (exact) mass is 200 g/mol. The van der Waals surface area contributed by atoms with Crippen LogP contribution in [0.3, 0.4) is 0 Å². The van der Waals surface area contributed by atoms with E-state index in [4.69, 9.17) is 0 Å². The number of rotatable bonds is 1. The van der Waals surface area contributed by atoms with Gasteiger partial charge in [-0.3, -0.25) is 0 Å². The zero-order chi connectivity index (χ0) is 10.3. The van der Waals surface area contributed by atoms with Crippen LogP contribution in [0.2, 0.25) is 0 Å². The summed E-state index contributed by atoms with van der Waals surface area (Å²) in [6.07, 6.45) is 3.40. The van der Waals surface area contributed by atoms with E-state index in [2.05, 4.69) is 47.4 Å². The first-order chi connectivity index (χ1) is 7.34. The normalized spacial score (nSPS) is 21.3. The van der Waals surface area contributed by atoms with Crippen molar-refractivity contribution in [2.24, 2.45) is 7.05 Å². The minimum absolute atomic E-state index is 0.717. The lowest BCUT2D eigenvalue weighted by Crippen LogP contribution is -2.07. The molecule has 0 radical (unpaired) electrons. The molecule has 1 fully saturated rings. The largest absolute Gasteiger partial charge is 0.351 e. The molecular formula is C13H16N2. The van der Waals surface area contributed by atoms with Gasteiger partial charge >= 0.3 is 0 Å². The van der Waals surface area contributed by atoms with E-state index in [1.807, 2.05) is 0 Å². The van der Waals surface area contributed by atoms with Crippen molar-refractivity contribution < 1.29 is 0 Å². The van der Waals surface area contributed by atoms with Crippen LogP contribution in [0.15, 0.2) is 30.5 Å². The number of aromatic nitrogens is 1. The number of aryl methyl sites for hydroxylation is 1. The minimum atomic E-state index is 0.717. The third kappa shape index (κ3) is 1.45. The summed E-state index contributed by atoms with van der Waals surface area (Å²) < 4.78 is 2.17. The van der Waals surface area contributed by atoms with Crippen LogP contribution in [-0.2, 0) is 7.05 Å². The zero-order valence-corrected chi connectivity index (χ0v) is 9.03. The molecule has 3 rings (SSSR count). The maximum absolute atomic E-state index is 3.42. The molecular weight excluding hydrogens is 184 g/mol. The van der Waals surface area contributed by atoms with Crippen molar-refractivity contribution in [3.05, 3.63) is 36.0 Å². The van der Waals surface area contributed by atoms with Gasteiger partial charge in [-0.15, -0.1) is 0 Å². The average molecular weight is 200 g/mol. The molecule has 2 heterocycles. The number of fused-ring (bicyclic) bond motifs is 1. The van der Waals surface area contributed by atoms with Gasteiger partial charge in [0, 0.05) is 25.3 Å². The fraction of sp³-hybridized carbons (Fsp3) is 0.385. The van der Waals surface area contributed by atoms with Crippen LogP contribution in [0.4, 0.5) is 0 Å². The summed E-state index contributed by atoms with van der Waals surface area (Å²) in [5.41, 5.74) is 2.81. The van der Waals surface area contributed by atoms with Gasteiger partial charge in [-0.1, -0.05) is 6.07 Å². The van der Waals surface area contributed by atoms with Gasteiger partial charge in [0.1, 0.15) is 0 Å². The number of hydrogen-bond donors (Lipinski definition) is 1. The maximum Gasteiger partial charge on any atom is 0.0477 e. The van der Waals surface area contributed by atoms with Crippen molar-refractivity contribution in [1.29, 1.82) is 0 Å². The molecule has 0 bridgehead atoms. The highest BCUT2D eigenvalue weighted by molar-refractivity contribution is 5.80. The fourth-order valence-corrected chi connectivity index (χ4v) is 2.49. The Morgan fingerprint density at radius 2 is 2.27 bits per heavy atom. The topological polar surface area (TPSA) is 17.0 Å². The van der Waals surface area contributed by atoms with Gasteiger partial charge in [0.25, 0.3) is 0 Å². The van der Waals surface area contributed by atoms with Crippen LogP contribution in [0, 0.1) is 0 Å². The number of nitrogens with one attached hydrogen (secondary N) is 1. The summed E-state index contributed by atoms with van der Waals surface area (Å²) in [6, 6.07) is 9.05. The zero-order valence-electron chi connectivity index (χ0n) is 9.03. The van der Waals surface area contributed by atoms with Gasteiger partial charge in [0.2, 0.25) is 0 Å². The predicted octanol–water partition coefficient (Wildman–Crippen LogP) is 2.26. The Hall–Kier alpha value is -1.28. The molecule has 2 aromatic rings. The Morgan fingerprint density at radius 1 is 1.33 bits per heavy atom. The van der Waals surface area contributed by atoms with Gasteiger partial charge in [0.15, 0.2) is 0 Å². The second-order valence-corrected chi connectivity index (χ2v) is 4.43. The second-order valence-electron chi connectivity index (χ2n) is 4.43. The molecule has 1 aromatic carbocycles. The van der Waals surface area contributed by atoms with Crippen LogP contribution < -0.4 is 5.32 Å². The molecule has 1 aliphatic rings. The van der Waals surface area contributed by atoms with E-state index in [1.165, 1.54) is 22.9 Å². The predicted molar refractivity (Wildman–Crippen MR) is 63.1 cm³/mol. The van der Waals surface area contributed by atoms with E-state index in [0.29, 0.717) is 0 Å². The number of benzene rings is 1. The maximum atomic E-state index is 3.42. The van der Waals surface area contributed by atoms with Crippen molar-refractivity contribution >= 4 is 10.9 Å². The van der Waals surface area contributed by atoms with Gasteiger partial charge in [-0.2, -0.15) is 0 Å².